The second kappa shape index (κ2) is 8.48. The van der Waals surface area contributed by atoms with Crippen molar-refractivity contribution in [2.45, 2.75) is 62.9 Å². The first-order valence-electron chi connectivity index (χ1n) is 10.2. The number of likely N-dealkylation sites (tertiary alicyclic amines) is 1. The summed E-state index contributed by atoms with van der Waals surface area (Å²) in [7, 11) is 0. The molecule has 6 heteroatoms. The Bertz CT molecular complexity index is 655. The molecule has 5 nitrogen and oxygen atoms in total. The van der Waals surface area contributed by atoms with Gasteiger partial charge in [0.1, 0.15) is 6.10 Å². The molecule has 0 aliphatic carbocycles. The average Bonchev–Trinajstić information content (AvgIpc) is 3.35. The Morgan fingerprint density at radius 1 is 1.22 bits per heavy atom. The maximum atomic E-state index is 12.1. The number of carbonyl (C=O) groups is 1. The third-order valence-corrected chi connectivity index (χ3v) is 6.55. The minimum absolute atomic E-state index is 0.00373. The summed E-state index contributed by atoms with van der Waals surface area (Å²) in [5.74, 6) is 0.0200. The molecule has 2 unspecified atom stereocenters. The van der Waals surface area contributed by atoms with Crippen LogP contribution >= 0.6 is 11.6 Å². The average molecular weight is 393 g/mol. The number of ether oxygens (including phenoxy) is 2. The van der Waals surface area contributed by atoms with E-state index in [0.29, 0.717) is 13.2 Å². The highest BCUT2D eigenvalue weighted by molar-refractivity contribution is 6.31. The van der Waals surface area contributed by atoms with Crippen LogP contribution in [0.25, 0.3) is 0 Å². The van der Waals surface area contributed by atoms with Crippen LogP contribution in [0.1, 0.15) is 44.1 Å². The normalized spacial score (nSPS) is 27.9. The summed E-state index contributed by atoms with van der Waals surface area (Å²) in [6.45, 7) is 4.26. The van der Waals surface area contributed by atoms with E-state index in [9.17, 15) is 4.79 Å². The number of rotatable bonds is 5. The lowest BCUT2D eigenvalue weighted by molar-refractivity contribution is -0.131. The van der Waals surface area contributed by atoms with E-state index in [1.54, 1.807) is 0 Å². The Hall–Kier alpha value is -1.14. The van der Waals surface area contributed by atoms with Crippen molar-refractivity contribution >= 4 is 17.5 Å². The van der Waals surface area contributed by atoms with E-state index in [2.05, 4.69) is 16.3 Å². The number of carbonyl (C=O) groups excluding carboxylic acids is 1. The summed E-state index contributed by atoms with van der Waals surface area (Å²) in [4.78, 5) is 14.6. The third-order valence-electron chi connectivity index (χ3n) is 6.18. The fraction of sp³-hybridized carbons (Fsp3) is 0.667. The molecule has 27 heavy (non-hydrogen) atoms. The van der Waals surface area contributed by atoms with E-state index >= 15 is 0 Å². The molecule has 2 atom stereocenters. The van der Waals surface area contributed by atoms with Gasteiger partial charge in [0, 0.05) is 37.8 Å². The number of hydrogen-bond acceptors (Lipinski definition) is 4. The van der Waals surface area contributed by atoms with Crippen LogP contribution in [-0.4, -0.2) is 54.9 Å². The number of nitrogens with zero attached hydrogens (tertiary/aromatic N) is 1. The van der Waals surface area contributed by atoms with E-state index in [1.807, 2.05) is 18.2 Å². The highest BCUT2D eigenvalue weighted by atomic mass is 35.5. The molecular weight excluding hydrogens is 364 g/mol. The summed E-state index contributed by atoms with van der Waals surface area (Å²) < 4.78 is 11.9. The SMILES string of the molecule is O=C(NCC1CCC2(CCN(Cc3ccccc3Cl)CC2)O1)C1CCCO1. The van der Waals surface area contributed by atoms with Crippen molar-refractivity contribution in [1.29, 1.82) is 0 Å². The predicted octanol–water partition coefficient (Wildman–Crippen LogP) is 3.15. The number of amides is 1. The van der Waals surface area contributed by atoms with Crippen LogP contribution in [-0.2, 0) is 20.8 Å². The second-order valence-corrected chi connectivity index (χ2v) is 8.48. The smallest absolute Gasteiger partial charge is 0.249 e. The van der Waals surface area contributed by atoms with Gasteiger partial charge in [-0.25, -0.2) is 0 Å². The fourth-order valence-electron chi connectivity index (χ4n) is 4.51. The van der Waals surface area contributed by atoms with Crippen LogP contribution in [0.2, 0.25) is 5.02 Å². The zero-order valence-corrected chi connectivity index (χ0v) is 16.5. The van der Waals surface area contributed by atoms with Gasteiger partial charge in [-0.3, -0.25) is 9.69 Å². The molecule has 1 amide bonds. The van der Waals surface area contributed by atoms with E-state index in [-0.39, 0.29) is 23.7 Å². The van der Waals surface area contributed by atoms with Crippen LogP contribution in [0.5, 0.6) is 0 Å². The molecule has 0 saturated carbocycles. The topological polar surface area (TPSA) is 50.8 Å². The second-order valence-electron chi connectivity index (χ2n) is 8.08. The number of hydrogen-bond donors (Lipinski definition) is 1. The van der Waals surface area contributed by atoms with Crippen molar-refractivity contribution in [3.05, 3.63) is 34.9 Å². The molecule has 3 fully saturated rings. The largest absolute Gasteiger partial charge is 0.370 e. The third kappa shape index (κ3) is 4.65. The number of halogens is 1. The first kappa shape index (κ1) is 19.2. The maximum Gasteiger partial charge on any atom is 0.249 e. The molecule has 3 heterocycles. The lowest BCUT2D eigenvalue weighted by Crippen LogP contribution is -2.45. The molecule has 148 valence electrons. The summed E-state index contributed by atoms with van der Waals surface area (Å²) >= 11 is 6.30. The molecule has 1 spiro atoms. The first-order valence-corrected chi connectivity index (χ1v) is 10.5. The molecule has 4 rings (SSSR count). The molecule has 1 N–H and O–H groups in total. The fourth-order valence-corrected chi connectivity index (χ4v) is 4.70. The Balaban J connectivity index is 1.22. The van der Waals surface area contributed by atoms with Gasteiger partial charge in [0.25, 0.3) is 0 Å². The Kier molecular flexibility index (Phi) is 6.02. The van der Waals surface area contributed by atoms with Gasteiger partial charge in [0.2, 0.25) is 5.91 Å². The van der Waals surface area contributed by atoms with Crippen molar-refractivity contribution < 1.29 is 14.3 Å². The summed E-state index contributed by atoms with van der Waals surface area (Å²) in [5.41, 5.74) is 1.19. The van der Waals surface area contributed by atoms with Gasteiger partial charge in [0.15, 0.2) is 0 Å². The quantitative estimate of drug-likeness (QED) is 0.836. The highest BCUT2D eigenvalue weighted by Crippen LogP contribution is 2.39. The highest BCUT2D eigenvalue weighted by Gasteiger charge is 2.42. The van der Waals surface area contributed by atoms with Crippen LogP contribution < -0.4 is 5.32 Å². The summed E-state index contributed by atoms with van der Waals surface area (Å²) in [6, 6.07) is 8.08. The Morgan fingerprint density at radius 3 is 2.78 bits per heavy atom. The number of benzene rings is 1. The van der Waals surface area contributed by atoms with Gasteiger partial charge < -0.3 is 14.8 Å². The first-order chi connectivity index (χ1) is 13.1. The molecule has 0 bridgehead atoms. The molecule has 3 saturated heterocycles. The van der Waals surface area contributed by atoms with E-state index in [4.69, 9.17) is 21.1 Å². The standard InChI is InChI=1S/C21H29ClN2O3/c22-18-5-2-1-4-16(18)15-24-11-9-21(10-12-24)8-7-17(27-21)14-23-20(25)19-6-3-13-26-19/h1-2,4-5,17,19H,3,6-15H2,(H,23,25). The zero-order chi connectivity index (χ0) is 18.7. The van der Waals surface area contributed by atoms with Crippen molar-refractivity contribution in [2.24, 2.45) is 0 Å². The Labute approximate surface area is 166 Å². The lowest BCUT2D eigenvalue weighted by atomic mass is 9.88. The van der Waals surface area contributed by atoms with Crippen molar-refractivity contribution in [3.8, 4) is 0 Å². The Morgan fingerprint density at radius 2 is 2.04 bits per heavy atom. The molecule has 3 aliphatic rings. The minimum Gasteiger partial charge on any atom is -0.370 e. The minimum atomic E-state index is -0.256. The van der Waals surface area contributed by atoms with E-state index in [0.717, 1.165) is 63.2 Å². The summed E-state index contributed by atoms with van der Waals surface area (Å²) in [5, 5.41) is 3.87. The van der Waals surface area contributed by atoms with Crippen LogP contribution in [0.4, 0.5) is 0 Å². The number of nitrogens with one attached hydrogen (secondary N) is 1. The molecular formula is C21H29ClN2O3. The number of piperidine rings is 1. The monoisotopic (exact) mass is 392 g/mol. The van der Waals surface area contributed by atoms with Gasteiger partial charge in [-0.1, -0.05) is 29.8 Å². The van der Waals surface area contributed by atoms with Crippen molar-refractivity contribution in [1.82, 2.24) is 10.2 Å². The molecule has 3 aliphatic heterocycles. The van der Waals surface area contributed by atoms with E-state index < -0.39 is 0 Å². The molecule has 1 aromatic carbocycles. The summed E-state index contributed by atoms with van der Waals surface area (Å²) in [6.07, 6.45) is 5.90. The van der Waals surface area contributed by atoms with Crippen LogP contribution in [0.3, 0.4) is 0 Å². The van der Waals surface area contributed by atoms with Crippen LogP contribution in [0, 0.1) is 0 Å². The van der Waals surface area contributed by atoms with E-state index in [1.165, 1.54) is 5.56 Å². The van der Waals surface area contributed by atoms with Crippen molar-refractivity contribution in [3.63, 3.8) is 0 Å². The zero-order valence-electron chi connectivity index (χ0n) is 15.8. The van der Waals surface area contributed by atoms with Crippen molar-refractivity contribution in [2.75, 3.05) is 26.2 Å². The molecule has 0 aromatic heterocycles. The van der Waals surface area contributed by atoms with Crippen LogP contribution in [0.15, 0.2) is 24.3 Å². The predicted molar refractivity (Wildman–Crippen MR) is 105 cm³/mol. The van der Waals surface area contributed by atoms with Gasteiger partial charge in [-0.05, 0) is 50.2 Å². The molecule has 0 radical (unpaired) electrons. The van der Waals surface area contributed by atoms with Gasteiger partial charge in [0.05, 0.1) is 11.7 Å². The van der Waals surface area contributed by atoms with Gasteiger partial charge in [-0.2, -0.15) is 0 Å². The lowest BCUT2D eigenvalue weighted by Gasteiger charge is -2.39. The van der Waals surface area contributed by atoms with Gasteiger partial charge >= 0.3 is 0 Å². The maximum absolute atomic E-state index is 12.1. The van der Waals surface area contributed by atoms with Gasteiger partial charge in [-0.15, -0.1) is 0 Å². The molecule has 1 aromatic rings.